The summed E-state index contributed by atoms with van der Waals surface area (Å²) in [6.07, 6.45) is 4.37. The van der Waals surface area contributed by atoms with E-state index in [1.165, 1.54) is 16.4 Å². The van der Waals surface area contributed by atoms with Gasteiger partial charge in [0.2, 0.25) is 0 Å². The molecule has 2 aromatic carbocycles. The number of anilines is 2. The number of nitrogens with zero attached hydrogens (tertiary/aromatic N) is 1. The lowest BCUT2D eigenvalue weighted by atomic mass is 10.1. The van der Waals surface area contributed by atoms with E-state index in [0.29, 0.717) is 29.4 Å². The molecule has 5 nitrogen and oxygen atoms in total. The molecular weight excluding hydrogens is 443 g/mol. The van der Waals surface area contributed by atoms with Crippen molar-refractivity contribution in [1.29, 1.82) is 0 Å². The highest BCUT2D eigenvalue weighted by Crippen LogP contribution is 2.51. The Balaban J connectivity index is 1.94. The Morgan fingerprint density at radius 2 is 1.93 bits per heavy atom. The Morgan fingerprint density at radius 1 is 1.18 bits per heavy atom. The number of halogens is 3. The number of amides is 1. The van der Waals surface area contributed by atoms with Crippen LogP contribution in [0.5, 0.6) is 0 Å². The minimum atomic E-state index is -2.91. The predicted octanol–water partition coefficient (Wildman–Crippen LogP) is 6.81. The van der Waals surface area contributed by atoms with Gasteiger partial charge in [-0.2, -0.15) is 0 Å². The standard InChI is InChI=1S/C19H19Cl3N2O3S/c1-2-4-12-7-13(20)9-14(8-12)23-19(25)16-10-15(11-17(21)18(16)22)24-5-3-6-28(24,26)27/h2,4,7-11,26-27H,3,5-6H2,1H3,(H,23,25)/b4-2+. The summed E-state index contributed by atoms with van der Waals surface area (Å²) in [4.78, 5) is 12.8. The molecule has 9 heteroatoms. The second kappa shape index (κ2) is 8.53. The van der Waals surface area contributed by atoms with Crippen LogP contribution in [0.3, 0.4) is 0 Å². The second-order valence-corrected chi connectivity index (χ2v) is 9.64. The summed E-state index contributed by atoms with van der Waals surface area (Å²) in [5.41, 5.74) is 1.93. The molecule has 0 atom stereocenters. The van der Waals surface area contributed by atoms with Crippen molar-refractivity contribution in [2.45, 2.75) is 13.3 Å². The summed E-state index contributed by atoms with van der Waals surface area (Å²) in [6.45, 7) is 2.34. The molecule has 150 valence electrons. The number of carbonyl (C=O) groups excluding carboxylic acids is 1. The quantitative estimate of drug-likeness (QED) is 0.468. The molecule has 0 unspecified atom stereocenters. The SMILES string of the molecule is C/C=C/c1cc(Cl)cc(NC(=O)c2cc(N3CCCS3(O)O)cc(Cl)c2Cl)c1. The first-order chi connectivity index (χ1) is 13.2. The molecule has 1 aliphatic rings. The number of hydrogen-bond acceptors (Lipinski definition) is 4. The van der Waals surface area contributed by atoms with Crippen molar-refractivity contribution >= 4 is 68.9 Å². The molecule has 3 rings (SSSR count). The molecule has 0 aliphatic carbocycles. The van der Waals surface area contributed by atoms with Gasteiger partial charge in [0, 0.05) is 17.3 Å². The van der Waals surface area contributed by atoms with Gasteiger partial charge in [-0.05, 0) is 49.2 Å². The fourth-order valence-electron chi connectivity index (χ4n) is 3.01. The Labute approximate surface area is 180 Å². The summed E-state index contributed by atoms with van der Waals surface area (Å²) in [7, 11) is -2.91. The molecule has 28 heavy (non-hydrogen) atoms. The zero-order valence-electron chi connectivity index (χ0n) is 15.0. The Bertz CT molecular complexity index is 950. The largest absolute Gasteiger partial charge is 0.322 e. The lowest BCUT2D eigenvalue weighted by Gasteiger charge is -2.38. The average Bonchev–Trinajstić information content (AvgIpc) is 2.96. The van der Waals surface area contributed by atoms with Crippen LogP contribution in [-0.4, -0.2) is 27.3 Å². The first kappa shape index (κ1) is 21.3. The molecule has 0 saturated carbocycles. The van der Waals surface area contributed by atoms with Crippen LogP contribution >= 0.6 is 45.6 Å². The van der Waals surface area contributed by atoms with E-state index in [9.17, 15) is 13.9 Å². The Kier molecular flexibility index (Phi) is 6.49. The summed E-state index contributed by atoms with van der Waals surface area (Å²) < 4.78 is 21.9. The topological polar surface area (TPSA) is 72.8 Å². The van der Waals surface area contributed by atoms with Gasteiger partial charge in [-0.15, -0.1) is 10.8 Å². The summed E-state index contributed by atoms with van der Waals surface area (Å²) >= 11 is 18.6. The molecule has 1 amide bonds. The lowest BCUT2D eigenvalue weighted by Crippen LogP contribution is -2.22. The van der Waals surface area contributed by atoms with E-state index in [4.69, 9.17) is 34.8 Å². The zero-order chi connectivity index (χ0) is 20.5. The average molecular weight is 462 g/mol. The van der Waals surface area contributed by atoms with Gasteiger partial charge >= 0.3 is 0 Å². The number of carbonyl (C=O) groups is 1. The van der Waals surface area contributed by atoms with E-state index >= 15 is 0 Å². The van der Waals surface area contributed by atoms with Gasteiger partial charge < -0.3 is 5.32 Å². The van der Waals surface area contributed by atoms with E-state index in [2.05, 4.69) is 5.32 Å². The molecule has 1 fully saturated rings. The minimum Gasteiger partial charge on any atom is -0.322 e. The normalized spacial score (nSPS) is 17.1. The first-order valence-corrected chi connectivity index (χ1v) is 11.3. The second-order valence-electron chi connectivity index (χ2n) is 6.31. The van der Waals surface area contributed by atoms with E-state index in [-0.39, 0.29) is 21.4 Å². The number of rotatable bonds is 4. The molecule has 1 saturated heterocycles. The van der Waals surface area contributed by atoms with Crippen molar-refractivity contribution in [2.24, 2.45) is 0 Å². The van der Waals surface area contributed by atoms with Gasteiger partial charge in [-0.25, -0.2) is 0 Å². The van der Waals surface area contributed by atoms with Crippen molar-refractivity contribution in [2.75, 3.05) is 21.9 Å². The van der Waals surface area contributed by atoms with Crippen molar-refractivity contribution in [3.63, 3.8) is 0 Å². The molecule has 0 radical (unpaired) electrons. The highest BCUT2D eigenvalue weighted by Gasteiger charge is 2.30. The minimum absolute atomic E-state index is 0.0919. The molecule has 0 bridgehead atoms. The Hall–Kier alpha value is -1.41. The summed E-state index contributed by atoms with van der Waals surface area (Å²) in [5, 5.41) is 3.50. The van der Waals surface area contributed by atoms with E-state index in [1.54, 1.807) is 18.2 Å². The fraction of sp³-hybridized carbons (Fsp3) is 0.211. The van der Waals surface area contributed by atoms with E-state index in [1.807, 2.05) is 19.1 Å². The highest BCUT2D eigenvalue weighted by atomic mass is 35.5. The van der Waals surface area contributed by atoms with Crippen molar-refractivity contribution in [3.05, 3.63) is 62.6 Å². The molecule has 3 N–H and O–H groups in total. The van der Waals surface area contributed by atoms with Gasteiger partial charge in [-0.1, -0.05) is 47.0 Å². The molecular formula is C19H19Cl3N2O3S. The zero-order valence-corrected chi connectivity index (χ0v) is 18.0. The number of hydrogen-bond donors (Lipinski definition) is 3. The van der Waals surface area contributed by atoms with Crippen LogP contribution in [0.4, 0.5) is 11.4 Å². The number of nitrogens with one attached hydrogen (secondary N) is 1. The predicted molar refractivity (Wildman–Crippen MR) is 120 cm³/mol. The molecule has 0 aromatic heterocycles. The highest BCUT2D eigenvalue weighted by molar-refractivity contribution is 8.25. The van der Waals surface area contributed by atoms with Crippen molar-refractivity contribution < 1.29 is 13.9 Å². The van der Waals surface area contributed by atoms with Gasteiger partial charge in [0.05, 0.1) is 27.0 Å². The van der Waals surface area contributed by atoms with E-state index < -0.39 is 16.7 Å². The van der Waals surface area contributed by atoms with Crippen LogP contribution in [0.2, 0.25) is 15.1 Å². The fourth-order valence-corrected chi connectivity index (χ4v) is 5.27. The third-order valence-electron chi connectivity index (χ3n) is 4.22. The lowest BCUT2D eigenvalue weighted by molar-refractivity contribution is 0.102. The monoisotopic (exact) mass is 460 g/mol. The molecule has 1 aliphatic heterocycles. The summed E-state index contributed by atoms with van der Waals surface area (Å²) in [6, 6.07) is 8.23. The maximum Gasteiger partial charge on any atom is 0.257 e. The van der Waals surface area contributed by atoms with Gasteiger partial charge in [-0.3, -0.25) is 18.2 Å². The van der Waals surface area contributed by atoms with Crippen LogP contribution < -0.4 is 9.62 Å². The van der Waals surface area contributed by atoms with Crippen molar-refractivity contribution in [3.8, 4) is 0 Å². The molecule has 1 heterocycles. The van der Waals surface area contributed by atoms with E-state index in [0.717, 1.165) is 5.56 Å². The van der Waals surface area contributed by atoms with Gasteiger partial charge in [0.15, 0.2) is 0 Å². The maximum atomic E-state index is 12.8. The molecule has 2 aromatic rings. The van der Waals surface area contributed by atoms with Gasteiger partial charge in [0.1, 0.15) is 0 Å². The van der Waals surface area contributed by atoms with Crippen LogP contribution in [-0.2, 0) is 0 Å². The van der Waals surface area contributed by atoms with Gasteiger partial charge in [0.25, 0.3) is 5.91 Å². The summed E-state index contributed by atoms with van der Waals surface area (Å²) in [5.74, 6) is -0.191. The third kappa shape index (κ3) is 4.59. The molecule has 0 spiro atoms. The van der Waals surface area contributed by atoms with Crippen LogP contribution in [0, 0.1) is 0 Å². The number of benzene rings is 2. The van der Waals surface area contributed by atoms with Crippen LogP contribution in [0.1, 0.15) is 29.3 Å². The van der Waals surface area contributed by atoms with Crippen LogP contribution in [0.15, 0.2) is 36.4 Å². The number of allylic oxidation sites excluding steroid dienone is 1. The Morgan fingerprint density at radius 3 is 2.57 bits per heavy atom. The third-order valence-corrected chi connectivity index (χ3v) is 7.17. The van der Waals surface area contributed by atoms with Crippen LogP contribution in [0.25, 0.3) is 6.08 Å². The smallest absolute Gasteiger partial charge is 0.257 e. The van der Waals surface area contributed by atoms with Crippen molar-refractivity contribution in [1.82, 2.24) is 0 Å². The first-order valence-electron chi connectivity index (χ1n) is 8.48. The maximum absolute atomic E-state index is 12.8.